The molecule has 0 radical (unpaired) electrons. The van der Waals surface area contributed by atoms with Crippen molar-refractivity contribution in [2.75, 3.05) is 18.6 Å². The summed E-state index contributed by atoms with van der Waals surface area (Å²) in [6.07, 6.45) is 0. The van der Waals surface area contributed by atoms with Crippen LogP contribution < -0.4 is 9.64 Å². The number of carboxylic acids is 1. The molecule has 0 fully saturated rings. The molecule has 8 heteroatoms. The molecule has 0 bridgehead atoms. The Kier molecular flexibility index (Phi) is 4.73. The maximum Gasteiger partial charge on any atom is 0.344 e. The van der Waals surface area contributed by atoms with Gasteiger partial charge in [-0.2, -0.15) is 8.42 Å². The Balaban J connectivity index is 3.27. The Morgan fingerprint density at radius 3 is 2.53 bits per heavy atom. The minimum absolute atomic E-state index is 0.0872. The fourth-order valence-electron chi connectivity index (χ4n) is 1.69. The molecule has 0 heterocycles. The maximum absolute atomic E-state index is 11.2. The molecule has 0 aliphatic heterocycles. The van der Waals surface area contributed by atoms with Crippen LogP contribution in [0.2, 0.25) is 0 Å². The SMILES string of the molecule is CCN(c1cccc(OC)c1)C(C(=O)O)S(=O)(=O)O. The molecule has 0 spiro atoms. The van der Waals surface area contributed by atoms with Gasteiger partial charge in [-0.15, -0.1) is 0 Å². The normalized spacial score (nSPS) is 12.8. The summed E-state index contributed by atoms with van der Waals surface area (Å²) in [5.41, 5.74) is 0.326. The quantitative estimate of drug-likeness (QED) is 0.747. The Hall–Kier alpha value is -1.80. The Morgan fingerprint density at radius 1 is 1.47 bits per heavy atom. The average molecular weight is 289 g/mol. The number of nitrogens with zero attached hydrogens (tertiary/aromatic N) is 1. The van der Waals surface area contributed by atoms with Gasteiger partial charge in [0.1, 0.15) is 5.75 Å². The van der Waals surface area contributed by atoms with Gasteiger partial charge in [0.2, 0.25) is 0 Å². The van der Waals surface area contributed by atoms with Gasteiger partial charge in [0.15, 0.2) is 0 Å². The molecule has 0 aromatic heterocycles. The molecule has 1 unspecified atom stereocenters. The van der Waals surface area contributed by atoms with E-state index in [0.717, 1.165) is 4.90 Å². The number of rotatable bonds is 6. The van der Waals surface area contributed by atoms with Crippen LogP contribution in [0.15, 0.2) is 24.3 Å². The minimum atomic E-state index is -4.76. The van der Waals surface area contributed by atoms with E-state index < -0.39 is 21.5 Å². The summed E-state index contributed by atoms with van der Waals surface area (Å²) < 4.78 is 36.5. The van der Waals surface area contributed by atoms with Gasteiger partial charge in [0, 0.05) is 18.3 Å². The molecule has 2 N–H and O–H groups in total. The molecule has 0 amide bonds. The van der Waals surface area contributed by atoms with E-state index in [9.17, 15) is 13.2 Å². The predicted molar refractivity (Wildman–Crippen MR) is 69.0 cm³/mol. The van der Waals surface area contributed by atoms with Crippen LogP contribution in [-0.4, -0.2) is 43.1 Å². The van der Waals surface area contributed by atoms with E-state index in [0.29, 0.717) is 11.4 Å². The minimum Gasteiger partial charge on any atom is -0.497 e. The van der Waals surface area contributed by atoms with Crippen LogP contribution in [0.5, 0.6) is 5.75 Å². The molecule has 1 rings (SSSR count). The predicted octanol–water partition coefficient (Wildman–Crippen LogP) is 0.820. The van der Waals surface area contributed by atoms with Gasteiger partial charge < -0.3 is 14.7 Å². The third-order valence-corrected chi connectivity index (χ3v) is 3.52. The lowest BCUT2D eigenvalue weighted by Crippen LogP contribution is -2.46. The lowest BCUT2D eigenvalue weighted by Gasteiger charge is -2.27. The first-order valence-electron chi connectivity index (χ1n) is 5.41. The Bertz CT molecular complexity index is 556. The molecule has 7 nitrogen and oxygen atoms in total. The van der Waals surface area contributed by atoms with Crippen molar-refractivity contribution in [3.8, 4) is 5.75 Å². The lowest BCUT2D eigenvalue weighted by atomic mass is 10.2. The topological polar surface area (TPSA) is 104 Å². The van der Waals surface area contributed by atoms with Crippen LogP contribution in [0.3, 0.4) is 0 Å². The lowest BCUT2D eigenvalue weighted by molar-refractivity contribution is -0.136. The molecule has 1 aromatic carbocycles. The first-order valence-corrected chi connectivity index (χ1v) is 6.91. The summed E-state index contributed by atoms with van der Waals surface area (Å²) in [6, 6.07) is 6.26. The smallest absolute Gasteiger partial charge is 0.344 e. The molecule has 106 valence electrons. The zero-order valence-electron chi connectivity index (χ0n) is 10.5. The van der Waals surface area contributed by atoms with Gasteiger partial charge in [-0.3, -0.25) is 4.55 Å². The second kappa shape index (κ2) is 5.89. The van der Waals surface area contributed by atoms with Crippen LogP contribution in [0.1, 0.15) is 6.92 Å². The van der Waals surface area contributed by atoms with Crippen molar-refractivity contribution < 1.29 is 27.6 Å². The first kappa shape index (κ1) is 15.3. The fraction of sp³-hybridized carbons (Fsp3) is 0.364. The number of likely N-dealkylation sites (N-methyl/N-ethyl adjacent to an activating group) is 1. The van der Waals surface area contributed by atoms with Crippen LogP contribution in [0.25, 0.3) is 0 Å². The van der Waals surface area contributed by atoms with Crippen molar-refractivity contribution in [3.63, 3.8) is 0 Å². The van der Waals surface area contributed by atoms with Crippen LogP contribution in [0.4, 0.5) is 5.69 Å². The summed E-state index contributed by atoms with van der Waals surface area (Å²) in [5.74, 6) is -1.19. The molecule has 0 aliphatic carbocycles. The molecule has 0 aliphatic rings. The second-order valence-electron chi connectivity index (χ2n) is 3.69. The number of carbonyl (C=O) groups is 1. The molecular formula is C11H15NO6S. The molecular weight excluding hydrogens is 274 g/mol. The van der Waals surface area contributed by atoms with Crippen molar-refractivity contribution in [3.05, 3.63) is 24.3 Å². The number of hydrogen-bond donors (Lipinski definition) is 2. The average Bonchev–Trinajstić information content (AvgIpc) is 2.33. The third-order valence-electron chi connectivity index (χ3n) is 2.50. The van der Waals surface area contributed by atoms with Crippen LogP contribution in [0, 0.1) is 0 Å². The monoisotopic (exact) mass is 289 g/mol. The second-order valence-corrected chi connectivity index (χ2v) is 5.17. The van der Waals surface area contributed by atoms with E-state index in [1.807, 2.05) is 0 Å². The van der Waals surface area contributed by atoms with E-state index in [-0.39, 0.29) is 6.54 Å². The number of hydrogen-bond acceptors (Lipinski definition) is 5. The Labute approximate surface area is 111 Å². The highest BCUT2D eigenvalue weighted by Crippen LogP contribution is 2.24. The fourth-order valence-corrected chi connectivity index (χ4v) is 2.54. The van der Waals surface area contributed by atoms with Crippen molar-refractivity contribution in [2.45, 2.75) is 12.3 Å². The highest BCUT2D eigenvalue weighted by molar-refractivity contribution is 7.87. The maximum atomic E-state index is 11.2. The van der Waals surface area contributed by atoms with Gasteiger partial charge in [-0.25, -0.2) is 4.79 Å². The molecule has 0 saturated carbocycles. The van der Waals surface area contributed by atoms with Crippen molar-refractivity contribution in [1.82, 2.24) is 0 Å². The van der Waals surface area contributed by atoms with E-state index in [4.69, 9.17) is 14.4 Å². The van der Waals surface area contributed by atoms with Crippen molar-refractivity contribution in [2.24, 2.45) is 0 Å². The van der Waals surface area contributed by atoms with Crippen LogP contribution in [-0.2, 0) is 14.9 Å². The highest BCUT2D eigenvalue weighted by atomic mass is 32.2. The van der Waals surface area contributed by atoms with E-state index in [1.165, 1.54) is 19.2 Å². The summed E-state index contributed by atoms with van der Waals surface area (Å²) in [6.45, 7) is 1.67. The van der Waals surface area contributed by atoms with Gasteiger partial charge in [0.05, 0.1) is 7.11 Å². The largest absolute Gasteiger partial charge is 0.497 e. The van der Waals surface area contributed by atoms with E-state index >= 15 is 0 Å². The third kappa shape index (κ3) is 3.58. The van der Waals surface area contributed by atoms with Gasteiger partial charge in [-0.05, 0) is 19.1 Å². The number of methoxy groups -OCH3 is 1. The summed E-state index contributed by atoms with van der Waals surface area (Å²) in [4.78, 5) is 12.1. The van der Waals surface area contributed by atoms with Crippen molar-refractivity contribution >= 4 is 21.8 Å². The molecule has 0 saturated heterocycles. The van der Waals surface area contributed by atoms with Crippen molar-refractivity contribution in [1.29, 1.82) is 0 Å². The number of carboxylic acid groups (broad SMARTS) is 1. The summed E-state index contributed by atoms with van der Waals surface area (Å²) in [7, 11) is -3.32. The standard InChI is InChI=1S/C11H15NO6S/c1-3-12(10(11(13)14)19(15,16)17)8-5-4-6-9(7-8)18-2/h4-7,10H,3H2,1-2H3,(H,13,14)(H,15,16,17). The first-order chi connectivity index (χ1) is 8.81. The Morgan fingerprint density at radius 2 is 2.11 bits per heavy atom. The zero-order valence-corrected chi connectivity index (χ0v) is 11.3. The number of aliphatic carboxylic acids is 1. The van der Waals surface area contributed by atoms with E-state index in [1.54, 1.807) is 19.1 Å². The molecule has 1 aromatic rings. The zero-order chi connectivity index (χ0) is 14.6. The highest BCUT2D eigenvalue weighted by Gasteiger charge is 2.36. The van der Waals surface area contributed by atoms with Gasteiger partial charge in [-0.1, -0.05) is 6.07 Å². The number of anilines is 1. The van der Waals surface area contributed by atoms with Gasteiger partial charge in [0.25, 0.3) is 15.5 Å². The summed E-state index contributed by atoms with van der Waals surface area (Å²) >= 11 is 0. The van der Waals surface area contributed by atoms with Gasteiger partial charge >= 0.3 is 5.97 Å². The number of ether oxygens (including phenoxy) is 1. The summed E-state index contributed by atoms with van der Waals surface area (Å²) in [5, 5.41) is 6.93. The van der Waals surface area contributed by atoms with E-state index in [2.05, 4.69) is 0 Å². The number of benzene rings is 1. The molecule has 1 atom stereocenters. The van der Waals surface area contributed by atoms with Crippen LogP contribution >= 0.6 is 0 Å². The molecule has 19 heavy (non-hydrogen) atoms.